The molecule has 4 N–H and O–H groups in total. The molecule has 3 rings (SSSR count). The van der Waals surface area contributed by atoms with Crippen LogP contribution < -0.4 is 11.5 Å². The minimum Gasteiger partial charge on any atom is -0.370 e. The first-order valence-electron chi connectivity index (χ1n) is 6.42. The Morgan fingerprint density at radius 3 is 2.35 bits per heavy atom. The van der Waals surface area contributed by atoms with Gasteiger partial charge >= 0.3 is 0 Å². The van der Waals surface area contributed by atoms with Crippen molar-refractivity contribution in [3.8, 4) is 11.1 Å². The number of nitrogens with zero attached hydrogens (tertiary/aromatic N) is 1. The van der Waals surface area contributed by atoms with Crippen molar-refractivity contribution >= 4 is 22.4 Å². The van der Waals surface area contributed by atoms with Gasteiger partial charge in [-0.1, -0.05) is 54.6 Å². The smallest absolute Gasteiger partial charge is 0.191 e. The molecular weight excluding hydrogens is 246 g/mol. The lowest BCUT2D eigenvalue weighted by Gasteiger charge is -2.07. The van der Waals surface area contributed by atoms with E-state index in [4.69, 9.17) is 11.5 Å². The van der Waals surface area contributed by atoms with Gasteiger partial charge in [0.15, 0.2) is 5.96 Å². The second-order valence-corrected chi connectivity index (χ2v) is 4.61. The Labute approximate surface area is 117 Å². The SMILES string of the molecule is NC(N)=Nc1ccc2c(-c3ccccc3)cccc2c1. The van der Waals surface area contributed by atoms with Crippen LogP contribution in [0.15, 0.2) is 71.7 Å². The lowest BCUT2D eigenvalue weighted by atomic mass is 9.98. The van der Waals surface area contributed by atoms with E-state index in [1.165, 1.54) is 16.5 Å². The minimum atomic E-state index is 0.0727. The van der Waals surface area contributed by atoms with Gasteiger partial charge in [-0.3, -0.25) is 0 Å². The number of rotatable bonds is 2. The van der Waals surface area contributed by atoms with Crippen LogP contribution in [-0.2, 0) is 0 Å². The summed E-state index contributed by atoms with van der Waals surface area (Å²) in [5.41, 5.74) is 14.0. The molecule has 0 aliphatic rings. The molecule has 0 aromatic heterocycles. The highest BCUT2D eigenvalue weighted by atomic mass is 15.0. The second kappa shape index (κ2) is 5.05. The van der Waals surface area contributed by atoms with E-state index < -0.39 is 0 Å². The molecule has 0 saturated carbocycles. The van der Waals surface area contributed by atoms with Gasteiger partial charge in [-0.05, 0) is 34.0 Å². The van der Waals surface area contributed by atoms with Crippen LogP contribution >= 0.6 is 0 Å². The number of guanidine groups is 1. The predicted octanol–water partition coefficient (Wildman–Crippen LogP) is 3.41. The fraction of sp³-hybridized carbons (Fsp3) is 0. The number of hydrogen-bond donors (Lipinski definition) is 2. The van der Waals surface area contributed by atoms with Crippen LogP contribution in [0.5, 0.6) is 0 Å². The van der Waals surface area contributed by atoms with E-state index in [0.29, 0.717) is 0 Å². The van der Waals surface area contributed by atoms with E-state index in [1.807, 2.05) is 36.4 Å². The van der Waals surface area contributed by atoms with Gasteiger partial charge in [0.05, 0.1) is 5.69 Å². The zero-order valence-electron chi connectivity index (χ0n) is 11.0. The largest absolute Gasteiger partial charge is 0.370 e. The Morgan fingerprint density at radius 2 is 1.60 bits per heavy atom. The summed E-state index contributed by atoms with van der Waals surface area (Å²) in [5.74, 6) is 0.0727. The molecule has 3 heteroatoms. The molecule has 0 unspecified atom stereocenters. The fourth-order valence-electron chi connectivity index (χ4n) is 2.36. The van der Waals surface area contributed by atoms with Crippen molar-refractivity contribution in [3.63, 3.8) is 0 Å². The van der Waals surface area contributed by atoms with Crippen molar-refractivity contribution in [1.29, 1.82) is 0 Å². The van der Waals surface area contributed by atoms with Gasteiger partial charge < -0.3 is 11.5 Å². The van der Waals surface area contributed by atoms with Crippen molar-refractivity contribution in [3.05, 3.63) is 66.7 Å². The van der Waals surface area contributed by atoms with Gasteiger partial charge in [0.25, 0.3) is 0 Å². The Bertz CT molecular complexity index is 773. The molecular formula is C17H15N3. The highest BCUT2D eigenvalue weighted by Gasteiger charge is 2.03. The van der Waals surface area contributed by atoms with E-state index in [0.717, 1.165) is 11.1 Å². The Balaban J connectivity index is 2.19. The molecule has 3 nitrogen and oxygen atoms in total. The van der Waals surface area contributed by atoms with Crippen LogP contribution in [0.3, 0.4) is 0 Å². The van der Waals surface area contributed by atoms with Crippen molar-refractivity contribution in [2.45, 2.75) is 0 Å². The maximum Gasteiger partial charge on any atom is 0.191 e. The highest BCUT2D eigenvalue weighted by molar-refractivity contribution is 5.98. The number of hydrogen-bond acceptors (Lipinski definition) is 1. The summed E-state index contributed by atoms with van der Waals surface area (Å²) >= 11 is 0. The van der Waals surface area contributed by atoms with Crippen molar-refractivity contribution in [1.82, 2.24) is 0 Å². The standard InChI is InChI=1S/C17H15N3/c18-17(19)20-14-9-10-16-13(11-14)7-4-8-15(16)12-5-2-1-3-6-12/h1-11H,(H4,18,19,20). The summed E-state index contributed by atoms with van der Waals surface area (Å²) in [4.78, 5) is 4.08. The van der Waals surface area contributed by atoms with Gasteiger partial charge in [-0.2, -0.15) is 0 Å². The number of benzene rings is 3. The van der Waals surface area contributed by atoms with Gasteiger partial charge in [0.1, 0.15) is 0 Å². The van der Waals surface area contributed by atoms with E-state index in [1.54, 1.807) is 0 Å². The first kappa shape index (κ1) is 12.2. The summed E-state index contributed by atoms with van der Waals surface area (Å²) in [6, 6.07) is 22.5. The van der Waals surface area contributed by atoms with Crippen LogP contribution in [0.4, 0.5) is 5.69 Å². The normalized spacial score (nSPS) is 10.4. The predicted molar refractivity (Wildman–Crippen MR) is 84.9 cm³/mol. The third-order valence-electron chi connectivity index (χ3n) is 3.21. The average molecular weight is 261 g/mol. The summed E-state index contributed by atoms with van der Waals surface area (Å²) in [5, 5.41) is 2.31. The van der Waals surface area contributed by atoms with Crippen molar-refractivity contribution in [2.75, 3.05) is 0 Å². The van der Waals surface area contributed by atoms with Crippen LogP contribution in [0.1, 0.15) is 0 Å². The van der Waals surface area contributed by atoms with E-state index >= 15 is 0 Å². The summed E-state index contributed by atoms with van der Waals surface area (Å²) in [7, 11) is 0. The molecule has 0 bridgehead atoms. The molecule has 0 atom stereocenters. The molecule has 20 heavy (non-hydrogen) atoms. The fourth-order valence-corrected chi connectivity index (χ4v) is 2.36. The zero-order chi connectivity index (χ0) is 13.9. The molecule has 3 aromatic rings. The maximum atomic E-state index is 5.42. The first-order valence-corrected chi connectivity index (χ1v) is 6.42. The number of aliphatic imine (C=N–C) groups is 1. The lowest BCUT2D eigenvalue weighted by Crippen LogP contribution is -2.21. The average Bonchev–Trinajstić information content (AvgIpc) is 2.46. The topological polar surface area (TPSA) is 64.4 Å². The zero-order valence-corrected chi connectivity index (χ0v) is 11.0. The van der Waals surface area contributed by atoms with E-state index in [9.17, 15) is 0 Å². The molecule has 3 aromatic carbocycles. The molecule has 0 aliphatic carbocycles. The number of nitrogens with two attached hydrogens (primary N) is 2. The van der Waals surface area contributed by atoms with Gasteiger partial charge in [-0.25, -0.2) is 4.99 Å². The lowest BCUT2D eigenvalue weighted by molar-refractivity contribution is 1.43. The monoisotopic (exact) mass is 261 g/mol. The van der Waals surface area contributed by atoms with E-state index in [2.05, 4.69) is 35.3 Å². The van der Waals surface area contributed by atoms with Crippen LogP contribution in [0, 0.1) is 0 Å². The molecule has 0 fully saturated rings. The third kappa shape index (κ3) is 2.34. The molecule has 98 valence electrons. The molecule has 0 heterocycles. The van der Waals surface area contributed by atoms with Crippen LogP contribution in [0.2, 0.25) is 0 Å². The molecule has 0 spiro atoms. The second-order valence-electron chi connectivity index (χ2n) is 4.61. The number of fused-ring (bicyclic) bond motifs is 1. The molecule has 0 aliphatic heterocycles. The third-order valence-corrected chi connectivity index (χ3v) is 3.21. The van der Waals surface area contributed by atoms with Crippen LogP contribution in [-0.4, -0.2) is 5.96 Å². The quantitative estimate of drug-likeness (QED) is 0.548. The summed E-state index contributed by atoms with van der Waals surface area (Å²) in [6.45, 7) is 0. The maximum absolute atomic E-state index is 5.42. The summed E-state index contributed by atoms with van der Waals surface area (Å²) in [6.07, 6.45) is 0. The van der Waals surface area contributed by atoms with Gasteiger partial charge in [0, 0.05) is 0 Å². The van der Waals surface area contributed by atoms with Crippen molar-refractivity contribution in [2.24, 2.45) is 16.5 Å². The summed E-state index contributed by atoms with van der Waals surface area (Å²) < 4.78 is 0. The highest BCUT2D eigenvalue weighted by Crippen LogP contribution is 2.30. The Morgan fingerprint density at radius 1 is 0.800 bits per heavy atom. The van der Waals surface area contributed by atoms with Crippen molar-refractivity contribution < 1.29 is 0 Å². The molecule has 0 amide bonds. The van der Waals surface area contributed by atoms with Crippen LogP contribution in [0.25, 0.3) is 21.9 Å². The van der Waals surface area contributed by atoms with Gasteiger partial charge in [-0.15, -0.1) is 0 Å². The van der Waals surface area contributed by atoms with Gasteiger partial charge in [0.2, 0.25) is 0 Å². The molecule has 0 saturated heterocycles. The molecule has 0 radical (unpaired) electrons. The Kier molecular flexibility index (Phi) is 3.09. The minimum absolute atomic E-state index is 0.0727. The first-order chi connectivity index (χ1) is 9.74. The van der Waals surface area contributed by atoms with E-state index in [-0.39, 0.29) is 5.96 Å². The Hall–Kier alpha value is -2.81.